The summed E-state index contributed by atoms with van der Waals surface area (Å²) in [4.78, 5) is 11.8. The largest absolute Gasteiger partial charge is 0.469 e. The van der Waals surface area contributed by atoms with Crippen LogP contribution in [0.1, 0.15) is 38.5 Å². The summed E-state index contributed by atoms with van der Waals surface area (Å²) in [5, 5.41) is 2.63. The maximum atomic E-state index is 12.5. The third kappa shape index (κ3) is 4.40. The molecule has 2 aliphatic rings. The van der Waals surface area contributed by atoms with Gasteiger partial charge in [0.05, 0.1) is 18.3 Å². The molecule has 2 N–H and O–H groups in total. The summed E-state index contributed by atoms with van der Waals surface area (Å²) in [5.74, 6) is -0.580. The molecule has 3 atom stereocenters. The van der Waals surface area contributed by atoms with E-state index in [0.29, 0.717) is 25.3 Å². The summed E-state index contributed by atoms with van der Waals surface area (Å²) < 4.78 is 32.5. The normalized spacial score (nSPS) is 30.8. The molecule has 2 fully saturated rings. The van der Waals surface area contributed by atoms with E-state index in [2.05, 4.69) is 10.0 Å². The first-order valence-corrected chi connectivity index (χ1v) is 9.36. The zero-order valence-electron chi connectivity index (χ0n) is 12.6. The molecule has 1 aliphatic carbocycles. The van der Waals surface area contributed by atoms with Crippen LogP contribution in [0.3, 0.4) is 0 Å². The maximum Gasteiger partial charge on any atom is 0.310 e. The van der Waals surface area contributed by atoms with Crippen molar-refractivity contribution in [2.45, 2.75) is 43.8 Å². The standard InChI is InChI=1S/C14H26N2O4S/c1-20-14(17)12-6-2-3-7-13(12)21(18,19)16-10-11-5-4-8-15-9-11/h11-13,15-16H,2-10H2,1H3. The summed E-state index contributed by atoms with van der Waals surface area (Å²) in [5.41, 5.74) is 0. The van der Waals surface area contributed by atoms with Crippen LogP contribution in [0.15, 0.2) is 0 Å². The number of carbonyl (C=O) groups excluding carboxylic acids is 1. The van der Waals surface area contributed by atoms with E-state index in [1.165, 1.54) is 7.11 Å². The molecule has 0 bridgehead atoms. The van der Waals surface area contributed by atoms with E-state index in [0.717, 1.165) is 38.8 Å². The summed E-state index contributed by atoms with van der Waals surface area (Å²) in [6.07, 6.45) is 5.00. The van der Waals surface area contributed by atoms with Crippen LogP contribution < -0.4 is 10.0 Å². The summed E-state index contributed by atoms with van der Waals surface area (Å²) in [7, 11) is -2.14. The van der Waals surface area contributed by atoms with Gasteiger partial charge in [-0.2, -0.15) is 0 Å². The van der Waals surface area contributed by atoms with Crippen LogP contribution in [0, 0.1) is 11.8 Å². The van der Waals surface area contributed by atoms with Crippen molar-refractivity contribution in [3.8, 4) is 0 Å². The minimum Gasteiger partial charge on any atom is -0.469 e. The summed E-state index contributed by atoms with van der Waals surface area (Å²) in [6, 6.07) is 0. The molecule has 0 aromatic rings. The lowest BCUT2D eigenvalue weighted by molar-refractivity contribution is -0.146. The molecule has 1 heterocycles. The minimum absolute atomic E-state index is 0.341. The Morgan fingerprint density at radius 3 is 2.67 bits per heavy atom. The summed E-state index contributed by atoms with van der Waals surface area (Å²) >= 11 is 0. The molecule has 1 saturated carbocycles. The lowest BCUT2D eigenvalue weighted by Crippen LogP contribution is -2.46. The molecule has 0 aromatic heterocycles. The fourth-order valence-electron chi connectivity index (χ4n) is 3.33. The van der Waals surface area contributed by atoms with Crippen LogP contribution in [0.5, 0.6) is 0 Å². The summed E-state index contributed by atoms with van der Waals surface area (Å²) in [6.45, 7) is 2.32. The molecular formula is C14H26N2O4S. The molecule has 0 radical (unpaired) electrons. The third-order valence-corrected chi connectivity index (χ3v) is 6.51. The Morgan fingerprint density at radius 2 is 2.00 bits per heavy atom. The Kier molecular flexibility index (Phi) is 6.01. The van der Waals surface area contributed by atoms with Crippen molar-refractivity contribution in [1.82, 2.24) is 10.0 Å². The number of carbonyl (C=O) groups is 1. The van der Waals surface area contributed by atoms with Gasteiger partial charge in [-0.15, -0.1) is 0 Å². The molecule has 0 spiro atoms. The van der Waals surface area contributed by atoms with Gasteiger partial charge in [0.1, 0.15) is 0 Å². The van der Waals surface area contributed by atoms with E-state index in [1.54, 1.807) is 0 Å². The van der Waals surface area contributed by atoms with Crippen molar-refractivity contribution in [3.05, 3.63) is 0 Å². The van der Waals surface area contributed by atoms with Crippen molar-refractivity contribution in [3.63, 3.8) is 0 Å². The molecule has 122 valence electrons. The van der Waals surface area contributed by atoms with Gasteiger partial charge in [-0.1, -0.05) is 12.8 Å². The number of piperidine rings is 1. The highest BCUT2D eigenvalue weighted by atomic mass is 32.2. The fraction of sp³-hybridized carbons (Fsp3) is 0.929. The van der Waals surface area contributed by atoms with E-state index in [1.807, 2.05) is 0 Å². The van der Waals surface area contributed by atoms with Crippen molar-refractivity contribution < 1.29 is 17.9 Å². The fourth-order valence-corrected chi connectivity index (χ4v) is 5.17. The Morgan fingerprint density at radius 1 is 1.24 bits per heavy atom. The molecule has 3 unspecified atom stereocenters. The smallest absolute Gasteiger partial charge is 0.310 e. The monoisotopic (exact) mass is 318 g/mol. The Labute approximate surface area is 127 Å². The first-order chi connectivity index (χ1) is 10.0. The SMILES string of the molecule is COC(=O)C1CCCCC1S(=O)(=O)NCC1CCCNC1. The predicted octanol–water partition coefficient (Wildman–Crippen LogP) is 0.637. The van der Waals surface area contributed by atoms with E-state index in [4.69, 9.17) is 4.74 Å². The second-order valence-electron chi connectivity index (χ2n) is 6.06. The minimum atomic E-state index is -3.47. The Bertz CT molecular complexity index is 446. The van der Waals surface area contributed by atoms with Gasteiger partial charge in [-0.05, 0) is 44.7 Å². The number of hydrogen-bond acceptors (Lipinski definition) is 5. The van der Waals surface area contributed by atoms with Crippen LogP contribution in [0.25, 0.3) is 0 Å². The van der Waals surface area contributed by atoms with Crippen LogP contribution in [0.4, 0.5) is 0 Å². The van der Waals surface area contributed by atoms with Gasteiger partial charge in [0.2, 0.25) is 10.0 Å². The van der Waals surface area contributed by atoms with Crippen molar-refractivity contribution in [2.24, 2.45) is 11.8 Å². The highest BCUT2D eigenvalue weighted by Gasteiger charge is 2.40. The quantitative estimate of drug-likeness (QED) is 0.727. The zero-order valence-corrected chi connectivity index (χ0v) is 13.5. The molecule has 1 saturated heterocycles. The van der Waals surface area contributed by atoms with Gasteiger partial charge < -0.3 is 10.1 Å². The van der Waals surface area contributed by atoms with Gasteiger partial charge >= 0.3 is 5.97 Å². The van der Waals surface area contributed by atoms with Crippen molar-refractivity contribution in [1.29, 1.82) is 0 Å². The lowest BCUT2D eigenvalue weighted by atomic mass is 9.89. The van der Waals surface area contributed by atoms with E-state index < -0.39 is 27.2 Å². The van der Waals surface area contributed by atoms with Gasteiger partial charge in [0.25, 0.3) is 0 Å². The second-order valence-corrected chi connectivity index (χ2v) is 8.04. The topological polar surface area (TPSA) is 84.5 Å². The van der Waals surface area contributed by atoms with Crippen LogP contribution >= 0.6 is 0 Å². The third-order valence-electron chi connectivity index (χ3n) is 4.58. The lowest BCUT2D eigenvalue weighted by Gasteiger charge is -2.30. The Hall–Kier alpha value is -0.660. The van der Waals surface area contributed by atoms with E-state index >= 15 is 0 Å². The number of methoxy groups -OCH3 is 1. The molecule has 2 rings (SSSR count). The Balaban J connectivity index is 1.96. The molecule has 0 aromatic carbocycles. The number of rotatable bonds is 5. The number of nitrogens with one attached hydrogen (secondary N) is 2. The molecule has 0 amide bonds. The van der Waals surface area contributed by atoms with E-state index in [-0.39, 0.29) is 0 Å². The first-order valence-electron chi connectivity index (χ1n) is 7.81. The van der Waals surface area contributed by atoms with Gasteiger partial charge in [-0.25, -0.2) is 13.1 Å². The van der Waals surface area contributed by atoms with Crippen LogP contribution in [0.2, 0.25) is 0 Å². The average molecular weight is 318 g/mol. The van der Waals surface area contributed by atoms with Crippen LogP contribution in [-0.2, 0) is 19.6 Å². The van der Waals surface area contributed by atoms with E-state index in [9.17, 15) is 13.2 Å². The number of hydrogen-bond donors (Lipinski definition) is 2. The number of esters is 1. The van der Waals surface area contributed by atoms with Gasteiger partial charge in [-0.3, -0.25) is 4.79 Å². The van der Waals surface area contributed by atoms with Crippen LogP contribution in [-0.4, -0.2) is 46.4 Å². The molecule has 21 heavy (non-hydrogen) atoms. The first kappa shape index (κ1) is 16.7. The van der Waals surface area contributed by atoms with Crippen molar-refractivity contribution >= 4 is 16.0 Å². The molecule has 7 heteroatoms. The molecular weight excluding hydrogens is 292 g/mol. The second kappa shape index (κ2) is 7.56. The van der Waals surface area contributed by atoms with Gasteiger partial charge in [0.15, 0.2) is 0 Å². The highest BCUT2D eigenvalue weighted by molar-refractivity contribution is 7.90. The molecule has 6 nitrogen and oxygen atoms in total. The number of sulfonamides is 1. The maximum absolute atomic E-state index is 12.5. The zero-order chi connectivity index (χ0) is 15.3. The predicted molar refractivity (Wildman–Crippen MR) is 80.3 cm³/mol. The van der Waals surface area contributed by atoms with Crippen molar-refractivity contribution in [2.75, 3.05) is 26.7 Å². The highest BCUT2D eigenvalue weighted by Crippen LogP contribution is 2.30. The number of ether oxygens (including phenoxy) is 1. The molecule has 1 aliphatic heterocycles. The average Bonchev–Trinajstić information content (AvgIpc) is 2.53. The van der Waals surface area contributed by atoms with Gasteiger partial charge in [0, 0.05) is 6.54 Å².